The van der Waals surface area contributed by atoms with Gasteiger partial charge in [0.2, 0.25) is 0 Å². The average Bonchev–Trinajstić information content (AvgIpc) is 3.78. The molecule has 56 heavy (non-hydrogen) atoms. The largest absolute Gasteiger partial charge is 0.310 e. The van der Waals surface area contributed by atoms with E-state index in [0.29, 0.717) is 0 Å². The third-order valence-electron chi connectivity index (χ3n) is 12.8. The average molecular weight is 719 g/mol. The second kappa shape index (κ2) is 11.9. The third-order valence-corrected chi connectivity index (χ3v) is 12.8. The van der Waals surface area contributed by atoms with Crippen molar-refractivity contribution in [1.82, 2.24) is 4.57 Å². The summed E-state index contributed by atoms with van der Waals surface area (Å²) in [7, 11) is 0. The number of hydrogen-bond acceptors (Lipinski definition) is 1. The van der Waals surface area contributed by atoms with Crippen LogP contribution in [0.1, 0.15) is 49.9 Å². The summed E-state index contributed by atoms with van der Waals surface area (Å²) < 4.78 is 2.42. The summed E-state index contributed by atoms with van der Waals surface area (Å²) in [4.78, 5) is 2.49. The maximum atomic E-state index is 2.49. The van der Waals surface area contributed by atoms with E-state index in [1.165, 1.54) is 77.4 Å². The zero-order valence-electron chi connectivity index (χ0n) is 32.2. The fourth-order valence-corrected chi connectivity index (χ4v) is 10.0. The minimum Gasteiger partial charge on any atom is -0.310 e. The lowest BCUT2D eigenvalue weighted by Crippen LogP contribution is -2.17. The van der Waals surface area contributed by atoms with Crippen LogP contribution in [0.25, 0.3) is 60.9 Å². The third kappa shape index (κ3) is 4.62. The van der Waals surface area contributed by atoms with Gasteiger partial charge in [-0.3, -0.25) is 0 Å². The molecule has 0 fully saturated rings. The van der Waals surface area contributed by atoms with Crippen molar-refractivity contribution in [1.29, 1.82) is 0 Å². The Hall–Kier alpha value is -6.64. The summed E-state index contributed by atoms with van der Waals surface area (Å²) >= 11 is 0. The molecule has 0 bridgehead atoms. The van der Waals surface area contributed by atoms with E-state index in [1.807, 2.05) is 0 Å². The van der Waals surface area contributed by atoms with E-state index in [9.17, 15) is 0 Å². The van der Waals surface area contributed by atoms with Crippen LogP contribution < -0.4 is 4.90 Å². The number of aromatic nitrogens is 1. The molecule has 2 aliphatic rings. The zero-order valence-corrected chi connectivity index (χ0v) is 32.2. The van der Waals surface area contributed by atoms with Crippen LogP contribution in [0, 0.1) is 0 Å². The van der Waals surface area contributed by atoms with Crippen molar-refractivity contribution in [3.63, 3.8) is 0 Å². The van der Waals surface area contributed by atoms with Crippen LogP contribution in [0.3, 0.4) is 0 Å². The number of nitrogens with zero attached hydrogens (tertiary/aromatic N) is 2. The van der Waals surface area contributed by atoms with Gasteiger partial charge in [-0.2, -0.15) is 0 Å². The van der Waals surface area contributed by atoms with Gasteiger partial charge in [-0.15, -0.1) is 0 Å². The number of benzene rings is 8. The maximum Gasteiger partial charge on any atom is 0.0561 e. The molecule has 268 valence electrons. The molecule has 1 heterocycles. The molecule has 2 nitrogen and oxygen atoms in total. The molecule has 0 atom stereocenters. The highest BCUT2D eigenvalue weighted by Crippen LogP contribution is 2.55. The quantitative estimate of drug-likeness (QED) is 0.172. The second-order valence-electron chi connectivity index (χ2n) is 16.6. The van der Waals surface area contributed by atoms with Gasteiger partial charge in [0.25, 0.3) is 0 Å². The molecule has 0 radical (unpaired) electrons. The number of hydrogen-bond donors (Lipinski definition) is 0. The Balaban J connectivity index is 1.17. The summed E-state index contributed by atoms with van der Waals surface area (Å²) in [6.45, 7) is 9.49. The molecule has 9 aromatic rings. The van der Waals surface area contributed by atoms with E-state index in [-0.39, 0.29) is 10.8 Å². The minimum absolute atomic E-state index is 0.122. The molecule has 8 aromatic carbocycles. The van der Waals surface area contributed by atoms with E-state index in [0.717, 1.165) is 22.7 Å². The van der Waals surface area contributed by atoms with E-state index < -0.39 is 0 Å². The highest BCUT2D eigenvalue weighted by Gasteiger charge is 2.38. The van der Waals surface area contributed by atoms with Crippen LogP contribution in [0.5, 0.6) is 0 Å². The van der Waals surface area contributed by atoms with Gasteiger partial charge in [-0.1, -0.05) is 155 Å². The van der Waals surface area contributed by atoms with Crippen LogP contribution in [-0.4, -0.2) is 4.57 Å². The number of fused-ring (bicyclic) bond motifs is 9. The standard InChI is InChI=1S/C54H42N2/c1-53(2)47-31-28-37(32-45(47)52-40(22-15-24-48(52)53)35-16-7-5-8-17-35)55(38-26-29-42-41-20-11-13-23-46(41)54(3,4)49(42)33-38)39-27-30-44-43-21-12-14-25-50(43)56(51(44)34-39)36-18-9-6-10-19-36/h5-34H,1-4H3. The van der Waals surface area contributed by atoms with Gasteiger partial charge in [-0.05, 0) is 110 Å². The van der Waals surface area contributed by atoms with Gasteiger partial charge in [0.1, 0.15) is 0 Å². The number of para-hydroxylation sites is 2. The van der Waals surface area contributed by atoms with Crippen molar-refractivity contribution < 1.29 is 0 Å². The molecule has 0 unspecified atom stereocenters. The molecule has 0 spiro atoms. The topological polar surface area (TPSA) is 8.17 Å². The highest BCUT2D eigenvalue weighted by molar-refractivity contribution is 6.10. The Kier molecular flexibility index (Phi) is 6.98. The summed E-state index contributed by atoms with van der Waals surface area (Å²) in [6, 6.07) is 67.5. The van der Waals surface area contributed by atoms with Gasteiger partial charge < -0.3 is 9.47 Å². The van der Waals surface area contributed by atoms with Crippen LogP contribution in [0.4, 0.5) is 17.1 Å². The fourth-order valence-electron chi connectivity index (χ4n) is 10.0. The normalized spacial score (nSPS) is 14.4. The first-order valence-corrected chi connectivity index (χ1v) is 19.8. The molecule has 0 N–H and O–H groups in total. The van der Waals surface area contributed by atoms with Crippen LogP contribution >= 0.6 is 0 Å². The van der Waals surface area contributed by atoms with Gasteiger partial charge in [0.05, 0.1) is 11.0 Å². The van der Waals surface area contributed by atoms with Crippen molar-refractivity contribution >= 4 is 38.9 Å². The Morgan fingerprint density at radius 1 is 0.375 bits per heavy atom. The zero-order chi connectivity index (χ0) is 37.8. The monoisotopic (exact) mass is 718 g/mol. The molecule has 0 saturated heterocycles. The molecule has 2 aliphatic carbocycles. The van der Waals surface area contributed by atoms with E-state index in [4.69, 9.17) is 0 Å². The highest BCUT2D eigenvalue weighted by atomic mass is 15.1. The molecule has 11 rings (SSSR count). The van der Waals surface area contributed by atoms with Crippen LogP contribution in [0.15, 0.2) is 182 Å². The van der Waals surface area contributed by atoms with E-state index in [1.54, 1.807) is 0 Å². The molecule has 0 aliphatic heterocycles. The minimum atomic E-state index is -0.127. The Labute approximate surface area is 328 Å². The lowest BCUT2D eigenvalue weighted by molar-refractivity contribution is 0.660. The summed E-state index contributed by atoms with van der Waals surface area (Å²) in [6.07, 6.45) is 0. The Morgan fingerprint density at radius 2 is 0.946 bits per heavy atom. The van der Waals surface area contributed by atoms with Gasteiger partial charge in [0.15, 0.2) is 0 Å². The first-order valence-electron chi connectivity index (χ1n) is 19.8. The molecule has 0 saturated carbocycles. The van der Waals surface area contributed by atoms with Crippen molar-refractivity contribution in [3.8, 4) is 39.1 Å². The van der Waals surface area contributed by atoms with Gasteiger partial charge in [0, 0.05) is 44.4 Å². The first kappa shape index (κ1) is 32.8. The van der Waals surface area contributed by atoms with E-state index >= 15 is 0 Å². The molecular formula is C54H42N2. The summed E-state index contributed by atoms with van der Waals surface area (Å²) in [5.41, 5.74) is 20.0. The second-order valence-corrected chi connectivity index (χ2v) is 16.6. The van der Waals surface area contributed by atoms with Crippen molar-refractivity contribution in [2.24, 2.45) is 0 Å². The predicted molar refractivity (Wildman–Crippen MR) is 236 cm³/mol. The van der Waals surface area contributed by atoms with Crippen molar-refractivity contribution in [2.45, 2.75) is 38.5 Å². The fraction of sp³-hybridized carbons (Fsp3) is 0.111. The predicted octanol–water partition coefficient (Wildman–Crippen LogP) is 14.5. The van der Waals surface area contributed by atoms with Crippen molar-refractivity contribution in [3.05, 3.63) is 204 Å². The smallest absolute Gasteiger partial charge is 0.0561 e. The lowest BCUT2D eigenvalue weighted by atomic mass is 9.82. The molecule has 2 heteroatoms. The van der Waals surface area contributed by atoms with Gasteiger partial charge in [-0.25, -0.2) is 0 Å². The van der Waals surface area contributed by atoms with Crippen molar-refractivity contribution in [2.75, 3.05) is 4.90 Å². The Bertz CT molecular complexity index is 3020. The maximum absolute atomic E-state index is 2.49. The number of rotatable bonds is 5. The SMILES string of the molecule is CC1(C)c2ccccc2-c2ccc(N(c3ccc4c(c3)-c3c(-c5ccccc5)cccc3C4(C)C)c3ccc4c5ccccc5n(-c5ccccc5)c4c3)cc21. The van der Waals surface area contributed by atoms with Crippen LogP contribution in [-0.2, 0) is 10.8 Å². The lowest BCUT2D eigenvalue weighted by Gasteiger charge is -2.29. The van der Waals surface area contributed by atoms with E-state index in [2.05, 4.69) is 219 Å². The van der Waals surface area contributed by atoms with Gasteiger partial charge >= 0.3 is 0 Å². The molecule has 0 amide bonds. The number of anilines is 3. The molecule has 1 aromatic heterocycles. The molecular weight excluding hydrogens is 677 g/mol. The first-order chi connectivity index (χ1) is 27.3. The van der Waals surface area contributed by atoms with Crippen LogP contribution in [0.2, 0.25) is 0 Å². The summed E-state index contributed by atoms with van der Waals surface area (Å²) in [5.74, 6) is 0. The Morgan fingerprint density at radius 3 is 1.79 bits per heavy atom. The summed E-state index contributed by atoms with van der Waals surface area (Å²) in [5, 5.41) is 2.50.